The van der Waals surface area contributed by atoms with Gasteiger partial charge in [0.05, 0.1) is 10.6 Å². The van der Waals surface area contributed by atoms with Gasteiger partial charge in [-0.2, -0.15) is 0 Å². The fraction of sp³-hybridized carbons (Fsp3) is 0.435. The number of hydrogen-bond acceptors (Lipinski definition) is 5. The largest absolute Gasteiger partial charge is 0.352 e. The van der Waals surface area contributed by atoms with Gasteiger partial charge in [0.25, 0.3) is 15.9 Å². The van der Waals surface area contributed by atoms with E-state index in [1.807, 2.05) is 6.26 Å². The SMILES string of the molecule is CSc1ccc(S(=O)(=O)N(C)c2ccc(C(=O)NCCCN3CCCCC3)cc2)cc1. The van der Waals surface area contributed by atoms with Gasteiger partial charge in [0.2, 0.25) is 0 Å². The first-order chi connectivity index (χ1) is 14.9. The van der Waals surface area contributed by atoms with E-state index in [1.165, 1.54) is 30.6 Å². The van der Waals surface area contributed by atoms with E-state index in [0.717, 1.165) is 31.0 Å². The molecular formula is C23H31N3O3S2. The highest BCUT2D eigenvalue weighted by Gasteiger charge is 2.21. The quantitative estimate of drug-likeness (QED) is 0.454. The summed E-state index contributed by atoms with van der Waals surface area (Å²) in [5.74, 6) is -0.136. The molecule has 0 spiro atoms. The molecule has 0 aliphatic carbocycles. The van der Waals surface area contributed by atoms with Gasteiger partial charge in [0, 0.05) is 24.1 Å². The molecule has 0 radical (unpaired) electrons. The highest BCUT2D eigenvalue weighted by atomic mass is 32.2. The molecule has 3 rings (SSSR count). The van der Waals surface area contributed by atoms with Crippen LogP contribution in [0.5, 0.6) is 0 Å². The van der Waals surface area contributed by atoms with Crippen molar-refractivity contribution in [3.8, 4) is 0 Å². The van der Waals surface area contributed by atoms with E-state index in [9.17, 15) is 13.2 Å². The summed E-state index contributed by atoms with van der Waals surface area (Å²) < 4.78 is 27.0. The average Bonchev–Trinajstić information content (AvgIpc) is 2.82. The normalized spacial score (nSPS) is 14.9. The van der Waals surface area contributed by atoms with Crippen LogP contribution in [0.2, 0.25) is 0 Å². The molecule has 1 saturated heterocycles. The second-order valence-electron chi connectivity index (χ2n) is 7.71. The Morgan fingerprint density at radius 2 is 1.68 bits per heavy atom. The maximum absolute atomic E-state index is 12.9. The van der Waals surface area contributed by atoms with Crippen LogP contribution in [-0.2, 0) is 10.0 Å². The van der Waals surface area contributed by atoms with Gasteiger partial charge in [-0.25, -0.2) is 8.42 Å². The lowest BCUT2D eigenvalue weighted by atomic mass is 10.1. The smallest absolute Gasteiger partial charge is 0.264 e. The van der Waals surface area contributed by atoms with Gasteiger partial charge in [-0.05, 0) is 93.7 Å². The summed E-state index contributed by atoms with van der Waals surface area (Å²) in [6, 6.07) is 13.5. The number of piperidine rings is 1. The lowest BCUT2D eigenvalue weighted by molar-refractivity contribution is 0.0951. The molecule has 1 aliphatic rings. The number of hydrogen-bond donors (Lipinski definition) is 1. The summed E-state index contributed by atoms with van der Waals surface area (Å²) in [4.78, 5) is 16.1. The minimum absolute atomic E-state index is 0.136. The Labute approximate surface area is 190 Å². The third kappa shape index (κ3) is 6.24. The molecule has 1 aliphatic heterocycles. The van der Waals surface area contributed by atoms with Gasteiger partial charge in [-0.15, -0.1) is 11.8 Å². The molecular weight excluding hydrogens is 430 g/mol. The number of amides is 1. The Hall–Kier alpha value is -2.03. The number of anilines is 1. The number of carbonyl (C=O) groups is 1. The topological polar surface area (TPSA) is 69.7 Å². The van der Waals surface area contributed by atoms with Crippen LogP contribution < -0.4 is 9.62 Å². The fourth-order valence-electron chi connectivity index (χ4n) is 3.66. The van der Waals surface area contributed by atoms with Gasteiger partial charge < -0.3 is 10.2 Å². The first kappa shape index (κ1) is 23.6. The van der Waals surface area contributed by atoms with Crippen molar-refractivity contribution in [1.29, 1.82) is 0 Å². The average molecular weight is 462 g/mol. The molecule has 1 fully saturated rings. The molecule has 168 valence electrons. The van der Waals surface area contributed by atoms with E-state index >= 15 is 0 Å². The zero-order chi connectivity index (χ0) is 22.3. The van der Waals surface area contributed by atoms with Crippen LogP contribution in [0.25, 0.3) is 0 Å². The molecule has 8 heteroatoms. The number of carbonyl (C=O) groups excluding carboxylic acids is 1. The van der Waals surface area contributed by atoms with E-state index in [-0.39, 0.29) is 10.8 Å². The molecule has 6 nitrogen and oxygen atoms in total. The molecule has 0 bridgehead atoms. The molecule has 1 heterocycles. The number of sulfonamides is 1. The lowest BCUT2D eigenvalue weighted by Gasteiger charge is -2.26. The van der Waals surface area contributed by atoms with Gasteiger partial charge in [-0.1, -0.05) is 6.42 Å². The van der Waals surface area contributed by atoms with E-state index in [0.29, 0.717) is 17.8 Å². The van der Waals surface area contributed by atoms with Gasteiger partial charge in [-0.3, -0.25) is 9.10 Å². The predicted octanol–water partition coefficient (Wildman–Crippen LogP) is 3.84. The first-order valence-electron chi connectivity index (χ1n) is 10.7. The Bertz CT molecular complexity index is 955. The van der Waals surface area contributed by atoms with Crippen molar-refractivity contribution >= 4 is 33.4 Å². The van der Waals surface area contributed by atoms with Crippen LogP contribution in [-0.4, -0.2) is 58.7 Å². The molecule has 31 heavy (non-hydrogen) atoms. The second kappa shape index (κ2) is 11.0. The van der Waals surface area contributed by atoms with E-state index in [1.54, 1.807) is 60.3 Å². The van der Waals surface area contributed by atoms with Crippen LogP contribution in [0.1, 0.15) is 36.0 Å². The van der Waals surface area contributed by atoms with Gasteiger partial charge in [0.15, 0.2) is 0 Å². The van der Waals surface area contributed by atoms with Crippen molar-refractivity contribution in [3.63, 3.8) is 0 Å². The molecule has 0 saturated carbocycles. The second-order valence-corrected chi connectivity index (χ2v) is 10.6. The number of thioether (sulfide) groups is 1. The zero-order valence-electron chi connectivity index (χ0n) is 18.2. The molecule has 2 aromatic carbocycles. The summed E-state index contributed by atoms with van der Waals surface area (Å²) in [5, 5.41) is 2.95. The third-order valence-electron chi connectivity index (χ3n) is 5.60. The minimum atomic E-state index is -3.66. The lowest BCUT2D eigenvalue weighted by Crippen LogP contribution is -2.33. The van der Waals surface area contributed by atoms with Crippen molar-refractivity contribution in [1.82, 2.24) is 10.2 Å². The van der Waals surface area contributed by atoms with Gasteiger partial charge in [0.1, 0.15) is 0 Å². The minimum Gasteiger partial charge on any atom is -0.352 e. The number of rotatable bonds is 9. The molecule has 2 aromatic rings. The number of likely N-dealkylation sites (tertiary alicyclic amines) is 1. The molecule has 0 unspecified atom stereocenters. The van der Waals surface area contributed by atoms with Crippen molar-refractivity contribution < 1.29 is 13.2 Å². The van der Waals surface area contributed by atoms with Gasteiger partial charge >= 0.3 is 0 Å². The Morgan fingerprint density at radius 3 is 2.29 bits per heavy atom. The van der Waals surface area contributed by atoms with Crippen LogP contribution in [0.4, 0.5) is 5.69 Å². The molecule has 1 amide bonds. The Morgan fingerprint density at radius 1 is 1.03 bits per heavy atom. The van der Waals surface area contributed by atoms with Crippen molar-refractivity contribution in [2.24, 2.45) is 0 Å². The predicted molar refractivity (Wildman–Crippen MR) is 127 cm³/mol. The highest BCUT2D eigenvalue weighted by molar-refractivity contribution is 7.98. The van der Waals surface area contributed by atoms with Crippen molar-refractivity contribution in [3.05, 3.63) is 54.1 Å². The Kier molecular flexibility index (Phi) is 8.40. The first-order valence-corrected chi connectivity index (χ1v) is 13.3. The maximum atomic E-state index is 12.9. The standard InChI is InChI=1S/C23H31N3O3S2/c1-25(31(28,29)22-13-11-21(30-2)12-14-22)20-9-7-19(8-10-20)23(27)24-15-6-18-26-16-4-3-5-17-26/h7-14H,3-6,15-18H2,1-2H3,(H,24,27). The molecule has 1 N–H and O–H groups in total. The van der Waals surface area contributed by atoms with Crippen LogP contribution in [0.15, 0.2) is 58.3 Å². The van der Waals surface area contributed by atoms with E-state index in [2.05, 4.69) is 10.2 Å². The summed E-state index contributed by atoms with van der Waals surface area (Å²) in [5.41, 5.74) is 1.03. The summed E-state index contributed by atoms with van der Waals surface area (Å²) in [6.07, 6.45) is 6.74. The number of nitrogens with one attached hydrogen (secondary N) is 1. The number of benzene rings is 2. The fourth-order valence-corrected chi connectivity index (χ4v) is 5.26. The van der Waals surface area contributed by atoms with Crippen LogP contribution in [0.3, 0.4) is 0 Å². The Balaban J connectivity index is 1.54. The monoisotopic (exact) mass is 461 g/mol. The maximum Gasteiger partial charge on any atom is 0.264 e. The molecule has 0 atom stereocenters. The molecule has 0 aromatic heterocycles. The van der Waals surface area contributed by atoms with E-state index < -0.39 is 10.0 Å². The summed E-state index contributed by atoms with van der Waals surface area (Å²) >= 11 is 1.56. The van der Waals surface area contributed by atoms with Crippen LogP contribution >= 0.6 is 11.8 Å². The zero-order valence-corrected chi connectivity index (χ0v) is 19.8. The highest BCUT2D eigenvalue weighted by Crippen LogP contribution is 2.24. The van der Waals surface area contributed by atoms with Crippen molar-refractivity contribution in [2.75, 3.05) is 43.8 Å². The van der Waals surface area contributed by atoms with Crippen LogP contribution in [0, 0.1) is 0 Å². The summed E-state index contributed by atoms with van der Waals surface area (Å²) in [6.45, 7) is 3.97. The summed E-state index contributed by atoms with van der Waals surface area (Å²) in [7, 11) is -2.14. The van der Waals surface area contributed by atoms with E-state index in [4.69, 9.17) is 0 Å². The number of nitrogens with zero attached hydrogens (tertiary/aromatic N) is 2. The van der Waals surface area contributed by atoms with Crippen molar-refractivity contribution in [2.45, 2.75) is 35.5 Å². The third-order valence-corrected chi connectivity index (χ3v) is 8.14.